The highest BCUT2D eigenvalue weighted by molar-refractivity contribution is 5.92. The quantitative estimate of drug-likeness (QED) is 0.299. The number of para-hydroxylation sites is 2. The summed E-state index contributed by atoms with van der Waals surface area (Å²) >= 11 is 0. The van der Waals surface area contributed by atoms with Gasteiger partial charge in [-0.1, -0.05) is 80.6 Å². The molecule has 3 heteroatoms. The number of halogens is 2. The summed E-state index contributed by atoms with van der Waals surface area (Å²) in [6.45, 7) is 10.4. The first-order chi connectivity index (χ1) is 16.1. The summed E-state index contributed by atoms with van der Waals surface area (Å²) in [6, 6.07) is 26.4. The van der Waals surface area contributed by atoms with Crippen LogP contribution in [-0.4, -0.2) is 5.54 Å². The fraction of sp³-hybridized carbons (Fsp3) is 0.226. The lowest BCUT2D eigenvalue weighted by atomic mass is 9.78. The lowest BCUT2D eigenvalue weighted by molar-refractivity contribution is 0.527. The Morgan fingerprint density at radius 1 is 0.618 bits per heavy atom. The highest BCUT2D eigenvalue weighted by Gasteiger charge is 2.38. The highest BCUT2D eigenvalue weighted by atomic mass is 19.1. The monoisotopic (exact) mass is 453 g/mol. The molecule has 1 nitrogen and oxygen atoms in total. The maximum absolute atomic E-state index is 15.8. The van der Waals surface area contributed by atoms with E-state index >= 15 is 8.78 Å². The normalized spacial score (nSPS) is 14.0. The van der Waals surface area contributed by atoms with Gasteiger partial charge in [0.05, 0.1) is 11.4 Å². The molecule has 0 heterocycles. The van der Waals surface area contributed by atoms with Crippen molar-refractivity contribution in [3.05, 3.63) is 108 Å². The van der Waals surface area contributed by atoms with Crippen LogP contribution in [-0.2, 0) is 5.41 Å². The third kappa shape index (κ3) is 3.34. The van der Waals surface area contributed by atoms with Crippen LogP contribution in [0.2, 0.25) is 0 Å². The van der Waals surface area contributed by atoms with E-state index < -0.39 is 5.54 Å². The zero-order chi connectivity index (χ0) is 24.3. The molecular formula is C31H29F2N. The predicted molar refractivity (Wildman–Crippen MR) is 138 cm³/mol. The molecular weight excluding hydrogens is 424 g/mol. The molecule has 0 fully saturated rings. The molecule has 0 atom stereocenters. The van der Waals surface area contributed by atoms with Crippen molar-refractivity contribution in [3.8, 4) is 22.3 Å². The number of anilines is 2. The van der Waals surface area contributed by atoms with Crippen molar-refractivity contribution in [1.82, 2.24) is 0 Å². The second-order valence-electron chi connectivity index (χ2n) is 10.5. The molecule has 0 saturated carbocycles. The van der Waals surface area contributed by atoms with E-state index in [1.165, 1.54) is 34.4 Å². The molecule has 1 aliphatic carbocycles. The van der Waals surface area contributed by atoms with Crippen LogP contribution in [0.15, 0.2) is 84.9 Å². The number of hydrogen-bond acceptors (Lipinski definition) is 1. The smallest absolute Gasteiger partial charge is 0.147 e. The standard InChI is InChI=1S/C31H29F2N/c1-30(2,3)34(27-19-9-8-17-25(27)32)29-23(15-11-18-26(29)33)22-14-10-13-21-20-12-6-7-16-24(20)31(4,5)28(21)22/h6-19H,1-5H3. The van der Waals surface area contributed by atoms with Gasteiger partial charge >= 0.3 is 0 Å². The maximum atomic E-state index is 15.8. The molecule has 5 rings (SSSR count). The fourth-order valence-corrected chi connectivity index (χ4v) is 5.48. The van der Waals surface area contributed by atoms with Crippen LogP contribution in [0.3, 0.4) is 0 Å². The zero-order valence-corrected chi connectivity index (χ0v) is 20.3. The Morgan fingerprint density at radius 3 is 1.85 bits per heavy atom. The van der Waals surface area contributed by atoms with Crippen LogP contribution in [0, 0.1) is 11.6 Å². The van der Waals surface area contributed by atoms with Gasteiger partial charge in [-0.25, -0.2) is 8.78 Å². The second-order valence-corrected chi connectivity index (χ2v) is 10.5. The van der Waals surface area contributed by atoms with E-state index in [2.05, 4.69) is 50.2 Å². The Balaban J connectivity index is 1.83. The molecule has 0 amide bonds. The van der Waals surface area contributed by atoms with Crippen molar-refractivity contribution in [1.29, 1.82) is 0 Å². The van der Waals surface area contributed by atoms with Gasteiger partial charge in [-0.2, -0.15) is 0 Å². The van der Waals surface area contributed by atoms with Crippen molar-refractivity contribution in [2.75, 3.05) is 4.90 Å². The molecule has 0 aromatic heterocycles. The summed E-state index contributed by atoms with van der Waals surface area (Å²) in [5, 5.41) is 0. The third-order valence-corrected chi connectivity index (χ3v) is 6.84. The minimum atomic E-state index is -0.574. The third-order valence-electron chi connectivity index (χ3n) is 6.84. The van der Waals surface area contributed by atoms with E-state index in [1.807, 2.05) is 32.9 Å². The Bertz CT molecular complexity index is 1390. The molecule has 4 aromatic rings. The number of rotatable bonds is 3. The van der Waals surface area contributed by atoms with E-state index in [-0.39, 0.29) is 17.0 Å². The van der Waals surface area contributed by atoms with Gasteiger partial charge in [0.1, 0.15) is 11.6 Å². The van der Waals surface area contributed by atoms with Gasteiger partial charge in [0, 0.05) is 16.5 Å². The van der Waals surface area contributed by atoms with E-state index in [4.69, 9.17) is 0 Å². The van der Waals surface area contributed by atoms with Crippen LogP contribution in [0.5, 0.6) is 0 Å². The Morgan fingerprint density at radius 2 is 1.15 bits per heavy atom. The lowest BCUT2D eigenvalue weighted by Crippen LogP contribution is -2.39. The summed E-state index contributed by atoms with van der Waals surface area (Å²) in [4.78, 5) is 1.79. The molecule has 0 unspecified atom stereocenters. The number of hydrogen-bond donors (Lipinski definition) is 0. The van der Waals surface area contributed by atoms with Gasteiger partial charge in [0.15, 0.2) is 0 Å². The van der Waals surface area contributed by atoms with E-state index in [0.29, 0.717) is 11.4 Å². The van der Waals surface area contributed by atoms with Crippen LogP contribution in [0.4, 0.5) is 20.2 Å². The molecule has 1 aliphatic rings. The molecule has 34 heavy (non-hydrogen) atoms. The van der Waals surface area contributed by atoms with Gasteiger partial charge < -0.3 is 4.90 Å². The minimum absolute atomic E-state index is 0.253. The molecule has 0 N–H and O–H groups in total. The van der Waals surface area contributed by atoms with Gasteiger partial charge in [-0.3, -0.25) is 0 Å². The number of fused-ring (bicyclic) bond motifs is 3. The van der Waals surface area contributed by atoms with Crippen LogP contribution < -0.4 is 4.90 Å². The van der Waals surface area contributed by atoms with Crippen LogP contribution in [0.1, 0.15) is 45.7 Å². The van der Waals surface area contributed by atoms with Crippen molar-refractivity contribution >= 4 is 11.4 Å². The van der Waals surface area contributed by atoms with Gasteiger partial charge in [-0.15, -0.1) is 0 Å². The molecule has 0 bridgehead atoms. The van der Waals surface area contributed by atoms with Crippen molar-refractivity contribution in [3.63, 3.8) is 0 Å². The molecule has 4 aromatic carbocycles. The van der Waals surface area contributed by atoms with Crippen LogP contribution >= 0.6 is 0 Å². The predicted octanol–water partition coefficient (Wildman–Crippen LogP) is 8.87. The maximum Gasteiger partial charge on any atom is 0.147 e. The van der Waals surface area contributed by atoms with Crippen molar-refractivity contribution < 1.29 is 8.78 Å². The van der Waals surface area contributed by atoms with E-state index in [0.717, 1.165) is 11.1 Å². The summed E-state index contributed by atoms with van der Waals surface area (Å²) < 4.78 is 30.9. The SMILES string of the molecule is CC1(C)c2ccccc2-c2cccc(-c3cccc(F)c3N(c3ccccc3F)C(C)(C)C)c21. The molecule has 0 spiro atoms. The largest absolute Gasteiger partial charge is 0.331 e. The number of benzene rings is 4. The summed E-state index contributed by atoms with van der Waals surface area (Å²) in [5.41, 5.74) is 6.46. The lowest BCUT2D eigenvalue weighted by Gasteiger charge is -2.39. The highest BCUT2D eigenvalue weighted by Crippen LogP contribution is 2.53. The van der Waals surface area contributed by atoms with Gasteiger partial charge in [0.25, 0.3) is 0 Å². The molecule has 0 aliphatic heterocycles. The van der Waals surface area contributed by atoms with E-state index in [1.54, 1.807) is 29.2 Å². The topological polar surface area (TPSA) is 3.24 Å². The first-order valence-electron chi connectivity index (χ1n) is 11.7. The Labute approximate surface area is 200 Å². The Kier molecular flexibility index (Phi) is 5.12. The first-order valence-corrected chi connectivity index (χ1v) is 11.7. The molecule has 0 saturated heterocycles. The van der Waals surface area contributed by atoms with Crippen LogP contribution in [0.25, 0.3) is 22.3 Å². The molecule has 0 radical (unpaired) electrons. The minimum Gasteiger partial charge on any atom is -0.331 e. The van der Waals surface area contributed by atoms with Crippen molar-refractivity contribution in [2.24, 2.45) is 0 Å². The summed E-state index contributed by atoms with van der Waals surface area (Å²) in [5.74, 6) is -0.751. The first kappa shape index (κ1) is 22.3. The van der Waals surface area contributed by atoms with Gasteiger partial charge in [-0.05, 0) is 66.8 Å². The Hall–Kier alpha value is -3.46. The average Bonchev–Trinajstić information content (AvgIpc) is 3.03. The number of nitrogens with zero attached hydrogens (tertiary/aromatic N) is 1. The molecule has 172 valence electrons. The second kappa shape index (κ2) is 7.80. The zero-order valence-electron chi connectivity index (χ0n) is 20.3. The fourth-order valence-electron chi connectivity index (χ4n) is 5.48. The van der Waals surface area contributed by atoms with E-state index in [9.17, 15) is 0 Å². The van der Waals surface area contributed by atoms with Gasteiger partial charge in [0.2, 0.25) is 0 Å². The summed E-state index contributed by atoms with van der Waals surface area (Å²) in [6.07, 6.45) is 0. The average molecular weight is 454 g/mol. The van der Waals surface area contributed by atoms with Crippen molar-refractivity contribution in [2.45, 2.75) is 45.6 Å². The summed E-state index contributed by atoms with van der Waals surface area (Å²) in [7, 11) is 0.